The molecule has 3 nitrogen and oxygen atoms in total. The molecule has 1 aliphatic rings. The molecule has 0 aliphatic carbocycles. The third-order valence-corrected chi connectivity index (χ3v) is 3.36. The first-order chi connectivity index (χ1) is 8.79. The van der Waals surface area contributed by atoms with Crippen LogP contribution in [-0.2, 0) is 6.42 Å². The van der Waals surface area contributed by atoms with Crippen molar-refractivity contribution < 1.29 is 4.74 Å². The largest absolute Gasteiger partial charge is 0.488 e. The number of ether oxygens (including phenoxy) is 1. The monoisotopic (exact) mass is 240 g/mol. The van der Waals surface area contributed by atoms with Crippen LogP contribution in [0, 0.1) is 6.92 Å². The van der Waals surface area contributed by atoms with Crippen LogP contribution in [0.2, 0.25) is 0 Å². The maximum atomic E-state index is 5.93. The van der Waals surface area contributed by atoms with E-state index in [1.807, 2.05) is 12.3 Å². The Bertz CT molecular complexity index is 580. The van der Waals surface area contributed by atoms with Gasteiger partial charge < -0.3 is 10.5 Å². The minimum absolute atomic E-state index is 0.102. The first-order valence-electron chi connectivity index (χ1n) is 6.20. The van der Waals surface area contributed by atoms with E-state index < -0.39 is 0 Å². The Balaban J connectivity index is 2.11. The molecule has 92 valence electrons. The van der Waals surface area contributed by atoms with E-state index in [0.29, 0.717) is 6.54 Å². The Morgan fingerprint density at radius 3 is 3.00 bits per heavy atom. The molecule has 2 aromatic rings. The van der Waals surface area contributed by atoms with E-state index >= 15 is 0 Å². The van der Waals surface area contributed by atoms with Crippen LogP contribution >= 0.6 is 0 Å². The molecule has 0 spiro atoms. The second-order valence-corrected chi connectivity index (χ2v) is 4.64. The van der Waals surface area contributed by atoms with Gasteiger partial charge >= 0.3 is 0 Å². The topological polar surface area (TPSA) is 48.1 Å². The van der Waals surface area contributed by atoms with E-state index in [1.165, 1.54) is 5.56 Å². The lowest BCUT2D eigenvalue weighted by molar-refractivity contribution is 0.242. The molecule has 0 saturated carbocycles. The Morgan fingerprint density at radius 2 is 2.22 bits per heavy atom. The van der Waals surface area contributed by atoms with Gasteiger partial charge in [-0.05, 0) is 30.2 Å². The normalized spacial score (nSPS) is 17.3. The van der Waals surface area contributed by atoms with Gasteiger partial charge in [0.25, 0.3) is 0 Å². The number of nitrogens with two attached hydrogens (primary N) is 1. The molecule has 18 heavy (non-hydrogen) atoms. The molecule has 1 aromatic heterocycles. The van der Waals surface area contributed by atoms with Crippen LogP contribution in [0.5, 0.6) is 5.75 Å². The number of nitrogens with zero attached hydrogens (tertiary/aromatic N) is 1. The van der Waals surface area contributed by atoms with Gasteiger partial charge in [0.2, 0.25) is 0 Å². The lowest BCUT2D eigenvalue weighted by Gasteiger charge is -2.11. The fourth-order valence-electron chi connectivity index (χ4n) is 2.42. The Labute approximate surface area is 107 Å². The van der Waals surface area contributed by atoms with Crippen LogP contribution in [-0.4, -0.2) is 17.6 Å². The number of hydrogen-bond acceptors (Lipinski definition) is 3. The summed E-state index contributed by atoms with van der Waals surface area (Å²) in [6, 6.07) is 10.2. The standard InChI is InChI=1S/C15H16N2O/c1-10-4-3-7-17-14(10)13-6-2-5-11-8-12(9-16)18-15(11)13/h2-7,12H,8-9,16H2,1H3/t12-/m1/s1. The van der Waals surface area contributed by atoms with Crippen LogP contribution in [0.25, 0.3) is 11.3 Å². The maximum Gasteiger partial charge on any atom is 0.132 e. The van der Waals surface area contributed by atoms with Crippen molar-refractivity contribution in [2.24, 2.45) is 5.73 Å². The molecule has 0 radical (unpaired) electrons. The smallest absolute Gasteiger partial charge is 0.132 e. The molecule has 0 saturated heterocycles. The molecule has 1 aromatic carbocycles. The second-order valence-electron chi connectivity index (χ2n) is 4.64. The molecule has 3 rings (SSSR count). The molecule has 1 atom stereocenters. The van der Waals surface area contributed by atoms with Gasteiger partial charge in [0, 0.05) is 24.7 Å². The summed E-state index contributed by atoms with van der Waals surface area (Å²) in [5.41, 5.74) is 10.1. The van der Waals surface area contributed by atoms with Crippen LogP contribution in [0.4, 0.5) is 0 Å². The van der Waals surface area contributed by atoms with Gasteiger partial charge in [-0.25, -0.2) is 0 Å². The van der Waals surface area contributed by atoms with Gasteiger partial charge in [-0.2, -0.15) is 0 Å². The Hall–Kier alpha value is -1.87. The van der Waals surface area contributed by atoms with Gasteiger partial charge in [0.05, 0.1) is 5.69 Å². The minimum atomic E-state index is 0.102. The highest BCUT2D eigenvalue weighted by Gasteiger charge is 2.25. The van der Waals surface area contributed by atoms with Crippen molar-refractivity contribution in [2.75, 3.05) is 6.54 Å². The number of pyridine rings is 1. The van der Waals surface area contributed by atoms with Crippen molar-refractivity contribution in [3.8, 4) is 17.0 Å². The van der Waals surface area contributed by atoms with Crippen LogP contribution in [0.3, 0.4) is 0 Å². The van der Waals surface area contributed by atoms with Crippen molar-refractivity contribution in [2.45, 2.75) is 19.4 Å². The van der Waals surface area contributed by atoms with Crippen molar-refractivity contribution in [3.63, 3.8) is 0 Å². The zero-order valence-corrected chi connectivity index (χ0v) is 10.4. The molecule has 2 N–H and O–H groups in total. The van der Waals surface area contributed by atoms with E-state index in [0.717, 1.165) is 29.0 Å². The number of hydrogen-bond donors (Lipinski definition) is 1. The zero-order valence-electron chi connectivity index (χ0n) is 10.4. The summed E-state index contributed by atoms with van der Waals surface area (Å²) in [5.74, 6) is 0.953. The van der Waals surface area contributed by atoms with Crippen molar-refractivity contribution >= 4 is 0 Å². The number of para-hydroxylation sites is 1. The number of aromatic nitrogens is 1. The summed E-state index contributed by atoms with van der Waals surface area (Å²) in [7, 11) is 0. The third-order valence-electron chi connectivity index (χ3n) is 3.36. The molecular formula is C15H16N2O. The molecule has 1 aliphatic heterocycles. The number of aryl methyl sites for hydroxylation is 1. The lowest BCUT2D eigenvalue weighted by Crippen LogP contribution is -2.24. The molecule has 3 heteroatoms. The molecule has 0 bridgehead atoms. The number of rotatable bonds is 2. The predicted octanol–water partition coefficient (Wildman–Crippen LogP) is 2.32. The highest BCUT2D eigenvalue weighted by Crippen LogP contribution is 2.38. The fourth-order valence-corrected chi connectivity index (χ4v) is 2.42. The van der Waals surface area contributed by atoms with Gasteiger partial charge in [-0.1, -0.05) is 18.2 Å². The summed E-state index contributed by atoms with van der Waals surface area (Å²) in [4.78, 5) is 4.47. The fraction of sp³-hybridized carbons (Fsp3) is 0.267. The third kappa shape index (κ3) is 1.77. The molecule has 0 amide bonds. The second kappa shape index (κ2) is 4.42. The summed E-state index contributed by atoms with van der Waals surface area (Å²) >= 11 is 0. The highest BCUT2D eigenvalue weighted by molar-refractivity contribution is 5.72. The summed E-state index contributed by atoms with van der Waals surface area (Å²) < 4.78 is 5.93. The van der Waals surface area contributed by atoms with E-state index in [4.69, 9.17) is 10.5 Å². The molecule has 0 unspecified atom stereocenters. The van der Waals surface area contributed by atoms with E-state index in [9.17, 15) is 0 Å². The van der Waals surface area contributed by atoms with Crippen LogP contribution in [0.1, 0.15) is 11.1 Å². The predicted molar refractivity (Wildman–Crippen MR) is 71.6 cm³/mol. The average Bonchev–Trinajstić information content (AvgIpc) is 2.82. The molecular weight excluding hydrogens is 224 g/mol. The number of fused-ring (bicyclic) bond motifs is 1. The van der Waals surface area contributed by atoms with Crippen molar-refractivity contribution in [3.05, 3.63) is 47.7 Å². The minimum Gasteiger partial charge on any atom is -0.488 e. The first-order valence-corrected chi connectivity index (χ1v) is 6.20. The van der Waals surface area contributed by atoms with Gasteiger partial charge in [0.1, 0.15) is 11.9 Å². The summed E-state index contributed by atoms with van der Waals surface area (Å²) in [5, 5.41) is 0. The summed E-state index contributed by atoms with van der Waals surface area (Å²) in [6.45, 7) is 2.62. The molecule has 0 fully saturated rings. The highest BCUT2D eigenvalue weighted by atomic mass is 16.5. The van der Waals surface area contributed by atoms with E-state index in [-0.39, 0.29) is 6.10 Å². The SMILES string of the molecule is Cc1cccnc1-c1cccc2c1O[C@@H](CN)C2. The maximum absolute atomic E-state index is 5.93. The zero-order chi connectivity index (χ0) is 12.5. The van der Waals surface area contributed by atoms with E-state index in [1.54, 1.807) is 0 Å². The van der Waals surface area contributed by atoms with Crippen LogP contribution < -0.4 is 10.5 Å². The molecule has 2 heterocycles. The van der Waals surface area contributed by atoms with Gasteiger partial charge in [-0.15, -0.1) is 0 Å². The Kier molecular flexibility index (Phi) is 2.76. The quantitative estimate of drug-likeness (QED) is 0.876. The van der Waals surface area contributed by atoms with Gasteiger partial charge in [-0.3, -0.25) is 4.98 Å². The van der Waals surface area contributed by atoms with Crippen LogP contribution in [0.15, 0.2) is 36.5 Å². The van der Waals surface area contributed by atoms with Crippen molar-refractivity contribution in [1.29, 1.82) is 0 Å². The van der Waals surface area contributed by atoms with Gasteiger partial charge in [0.15, 0.2) is 0 Å². The lowest BCUT2D eigenvalue weighted by atomic mass is 10.0. The summed E-state index contributed by atoms with van der Waals surface area (Å²) in [6.07, 6.45) is 2.81. The Morgan fingerprint density at radius 1 is 1.33 bits per heavy atom. The first kappa shape index (κ1) is 11.2. The van der Waals surface area contributed by atoms with E-state index in [2.05, 4.69) is 36.2 Å². The number of benzene rings is 1. The van der Waals surface area contributed by atoms with Crippen molar-refractivity contribution in [1.82, 2.24) is 4.98 Å². The average molecular weight is 240 g/mol.